The van der Waals surface area contributed by atoms with E-state index >= 15 is 24.0 Å². The second-order valence-corrected chi connectivity index (χ2v) is 30.3. The maximum absolute atomic E-state index is 15.4. The van der Waals surface area contributed by atoms with Crippen LogP contribution >= 0.6 is 0 Å². The fraction of sp³-hybridized carbons (Fsp3) is 0.582. The smallest absolute Gasteiger partial charge is 0.246 e. The molecular formula is C79H115N17O19. The Morgan fingerprint density at radius 1 is 0.583 bits per heavy atom. The van der Waals surface area contributed by atoms with Gasteiger partial charge in [-0.15, -0.1) is 5.10 Å². The molecule has 0 saturated carbocycles. The minimum atomic E-state index is -1.95. The van der Waals surface area contributed by atoms with Crippen LogP contribution in [0.4, 0.5) is 0 Å². The van der Waals surface area contributed by atoms with Gasteiger partial charge in [0.1, 0.15) is 90.5 Å². The Kier molecular flexibility index (Phi) is 36.8. The molecule has 0 unspecified atom stereocenters. The number of unbranched alkanes of at least 4 members (excludes halogenated alkanes) is 5. The lowest BCUT2D eigenvalue weighted by Crippen LogP contribution is -2.64. The molecule has 3 saturated heterocycles. The van der Waals surface area contributed by atoms with E-state index in [9.17, 15) is 58.8 Å². The highest BCUT2D eigenvalue weighted by molar-refractivity contribution is 6.01. The van der Waals surface area contributed by atoms with Gasteiger partial charge in [-0.3, -0.25) is 62.3 Å². The zero-order valence-electron chi connectivity index (χ0n) is 65.9. The van der Waals surface area contributed by atoms with Gasteiger partial charge in [0.15, 0.2) is 6.29 Å². The van der Waals surface area contributed by atoms with Crippen LogP contribution < -0.4 is 70.4 Å². The Labute approximate surface area is 668 Å². The maximum atomic E-state index is 15.4. The number of benzene rings is 3. The third-order valence-corrected chi connectivity index (χ3v) is 20.1. The van der Waals surface area contributed by atoms with E-state index in [-0.39, 0.29) is 101 Å². The van der Waals surface area contributed by atoms with Gasteiger partial charge in [0.25, 0.3) is 0 Å². The molecule has 15 atom stereocenters. The zero-order chi connectivity index (χ0) is 83.8. The molecule has 0 bridgehead atoms. The van der Waals surface area contributed by atoms with E-state index in [0.29, 0.717) is 23.1 Å². The van der Waals surface area contributed by atoms with Crippen LogP contribution in [-0.4, -0.2) is 234 Å². The van der Waals surface area contributed by atoms with Crippen LogP contribution in [-0.2, 0) is 104 Å². The molecule has 0 aliphatic carbocycles. The number of nitrogens with one attached hydrogen (secondary N) is 10. The van der Waals surface area contributed by atoms with Gasteiger partial charge in [-0.25, -0.2) is 4.68 Å². The first-order chi connectivity index (χ1) is 54.9. The summed E-state index contributed by atoms with van der Waals surface area (Å²) < 4.78 is 13.2. The number of ether oxygens (including phenoxy) is 2. The van der Waals surface area contributed by atoms with Crippen LogP contribution in [0.15, 0.2) is 91.1 Å². The molecule has 36 heteroatoms. The number of phenols is 1. The Morgan fingerprint density at radius 3 is 1.69 bits per heavy atom. The topological polar surface area (TPSA) is 554 Å². The summed E-state index contributed by atoms with van der Waals surface area (Å²) in [5.41, 5.74) is 18.7. The van der Waals surface area contributed by atoms with Crippen LogP contribution in [0.5, 0.6) is 5.75 Å². The van der Waals surface area contributed by atoms with Crippen molar-refractivity contribution in [2.75, 3.05) is 26.3 Å². The molecule has 3 aliphatic heterocycles. The predicted octanol–water partition coefficient (Wildman–Crippen LogP) is -2.11. The third-order valence-electron chi connectivity index (χ3n) is 20.1. The minimum Gasteiger partial charge on any atom is -0.508 e. The Morgan fingerprint density at radius 2 is 1.10 bits per heavy atom. The average molecular weight is 1610 g/mol. The van der Waals surface area contributed by atoms with Gasteiger partial charge in [-0.2, -0.15) is 0 Å². The Bertz CT molecular complexity index is 3890. The predicted molar refractivity (Wildman–Crippen MR) is 416 cm³/mol. The fourth-order valence-corrected chi connectivity index (χ4v) is 13.8. The van der Waals surface area contributed by atoms with E-state index in [1.807, 2.05) is 0 Å². The molecule has 13 amide bonds. The first kappa shape index (κ1) is 91.6. The number of carbonyl (C=O) groups is 13. The molecule has 1 aromatic heterocycles. The monoisotopic (exact) mass is 1610 g/mol. The van der Waals surface area contributed by atoms with E-state index in [1.165, 1.54) is 40.0 Å². The summed E-state index contributed by atoms with van der Waals surface area (Å²) in [6.45, 7) is 7.85. The lowest BCUT2D eigenvalue weighted by atomic mass is 9.96. The summed E-state index contributed by atoms with van der Waals surface area (Å²) in [4.78, 5) is 190. The van der Waals surface area contributed by atoms with E-state index in [2.05, 4.69) is 70.4 Å². The molecule has 7 rings (SSSR count). The number of fused-ring (bicyclic) bond motifs is 1. The van der Waals surface area contributed by atoms with Crippen molar-refractivity contribution in [2.45, 2.75) is 254 Å². The minimum absolute atomic E-state index is 0.00752. The SMILES string of the molecule is CCCCCCCCC(=O)N[C@H]1[C@H](OCCn2cc(C[C@@H]3NC(=O)[C@@H]4CCCN4C(=O)[C@@H](Cc4ccccc4)NC(=O)[C@H](CC(C)C)NC(=O)[C@H](CCCN)NC(=O)[C@H](C(C)C)NC(=O)[C@H](Cc4ccc(O)cc4)NC(=O)[C@H](CCC(N)=O)NC(=O)[C@H](CC(N)=O)NC(=O)[C@@H](Cc4ccccc4)NC3=O)nn2)O[C@H](CO)[C@@H](O)[C@@H]1O. The zero-order valence-corrected chi connectivity index (χ0v) is 65.9. The lowest BCUT2D eigenvalue weighted by Gasteiger charge is -2.42. The summed E-state index contributed by atoms with van der Waals surface area (Å²) in [6, 6.07) is 5.42. The fourth-order valence-electron chi connectivity index (χ4n) is 13.8. The van der Waals surface area contributed by atoms with E-state index < -0.39 is 206 Å². The highest BCUT2D eigenvalue weighted by atomic mass is 16.7. The maximum Gasteiger partial charge on any atom is 0.246 e. The number of aliphatic hydroxyl groups excluding tert-OH is 3. The second kappa shape index (κ2) is 46.1. The van der Waals surface area contributed by atoms with Crippen molar-refractivity contribution < 1.29 is 92.2 Å². The van der Waals surface area contributed by atoms with Crippen LogP contribution in [0.1, 0.15) is 153 Å². The summed E-state index contributed by atoms with van der Waals surface area (Å²) in [5, 5.41) is 77.6. The molecule has 3 aromatic carbocycles. The highest BCUT2D eigenvalue weighted by Crippen LogP contribution is 2.25. The molecule has 4 heterocycles. The molecule has 0 spiro atoms. The third kappa shape index (κ3) is 29.1. The van der Waals surface area contributed by atoms with E-state index in [4.69, 9.17) is 26.7 Å². The first-order valence-electron chi connectivity index (χ1n) is 39.5. The number of aromatic hydroxyl groups is 1. The van der Waals surface area contributed by atoms with Gasteiger partial charge in [0.2, 0.25) is 76.8 Å². The summed E-state index contributed by atoms with van der Waals surface area (Å²) in [7, 11) is 0. The summed E-state index contributed by atoms with van der Waals surface area (Å²) in [5.74, 6) is -13.2. The van der Waals surface area contributed by atoms with Crippen LogP contribution in [0.25, 0.3) is 0 Å². The highest BCUT2D eigenvalue weighted by Gasteiger charge is 2.47. The van der Waals surface area contributed by atoms with Gasteiger partial charge in [-0.1, -0.05) is 145 Å². The molecule has 36 nitrogen and oxygen atoms in total. The van der Waals surface area contributed by atoms with Crippen molar-refractivity contribution >= 4 is 76.8 Å². The number of hydrogen-bond acceptors (Lipinski definition) is 22. The first-order valence-corrected chi connectivity index (χ1v) is 39.5. The number of aliphatic hydroxyl groups is 3. The molecule has 0 radical (unpaired) electrons. The molecule has 115 heavy (non-hydrogen) atoms. The van der Waals surface area contributed by atoms with Crippen molar-refractivity contribution in [3.8, 4) is 5.75 Å². The number of amides is 13. The van der Waals surface area contributed by atoms with Crippen LogP contribution in [0, 0.1) is 11.8 Å². The molecule has 4 aromatic rings. The summed E-state index contributed by atoms with van der Waals surface area (Å²) >= 11 is 0. The quantitative estimate of drug-likeness (QED) is 0.0233. The normalized spacial score (nSPS) is 25.6. The number of carbonyl (C=O) groups excluding carboxylic acids is 13. The van der Waals surface area contributed by atoms with Crippen molar-refractivity contribution in [1.29, 1.82) is 0 Å². The summed E-state index contributed by atoms with van der Waals surface area (Å²) in [6.07, 6.45) is -1.81. The van der Waals surface area contributed by atoms with Crippen LogP contribution in [0.2, 0.25) is 0 Å². The molecule has 3 aliphatic rings. The van der Waals surface area contributed by atoms with Crippen molar-refractivity contribution in [1.82, 2.24) is 73.1 Å². The van der Waals surface area contributed by atoms with Gasteiger partial charge in [0.05, 0.1) is 31.9 Å². The Hall–Kier alpha value is -10.5. The lowest BCUT2D eigenvalue weighted by molar-refractivity contribution is -0.270. The van der Waals surface area contributed by atoms with Crippen molar-refractivity contribution in [2.24, 2.45) is 29.0 Å². The van der Waals surface area contributed by atoms with Gasteiger partial charge in [-0.05, 0) is 92.1 Å². The molecule has 20 N–H and O–H groups in total. The number of nitrogens with two attached hydrogens (primary N) is 3. The van der Waals surface area contributed by atoms with E-state index in [0.717, 1.165) is 32.1 Å². The van der Waals surface area contributed by atoms with Gasteiger partial charge in [0, 0.05) is 51.3 Å². The number of hydrogen-bond donors (Lipinski definition) is 17. The van der Waals surface area contributed by atoms with Crippen LogP contribution in [0.3, 0.4) is 0 Å². The number of primary amides is 2. The number of phenolic OH excluding ortho intramolecular Hbond substituents is 1. The second-order valence-electron chi connectivity index (χ2n) is 30.3. The number of rotatable bonds is 32. The standard InChI is InChI=1S/C79H115N17O19/c1-6-7-8-9-10-17-26-64(101)91-66-68(103)67(102)61(44-97)115-79(66)114-36-35-95-43-50(93-94-95)41-57-73(108)87-55(38-47-20-13-11-14-21-47)72(107)88-58(42-63(82)100)74(109)83-53(31-32-62(81)99)70(105)86-56(39-49-27-29-51(98)30-28-49)75(110)92-65(46(4)5)77(112)84-52(24-18-33-80)69(104)85-54(37-45(2)3)71(106)90-59(40-48-22-15-12-16-23-48)78(113)96-34-19-25-60(96)76(111)89-57/h11-16,20-23,27-30,43,45-46,52-61,65-68,79,97-98,102-103H,6-10,17-19,24-26,31-42,44,80H2,1-5H3,(H2,81,99)(H2,82,100)(H,83,109)(H,84,112)(H,85,104)(H,86,105)(H,87,108)(H,88,107)(H,89,111)(H,90,106)(H,91,101)(H,92,110)/t52-,53-,54-,55+,56-,57-,58-,59+,60-,61+,65-,66+,67+,68+,79+/m0/s1. The van der Waals surface area contributed by atoms with Gasteiger partial charge >= 0.3 is 0 Å². The number of aromatic nitrogens is 3. The largest absolute Gasteiger partial charge is 0.508 e. The van der Waals surface area contributed by atoms with Gasteiger partial charge < -0.3 is 105 Å². The average Bonchev–Trinajstić information content (AvgIpc) is 1.80. The Balaban J connectivity index is 1.29. The molecular weight excluding hydrogens is 1490 g/mol. The van der Waals surface area contributed by atoms with Crippen molar-refractivity contribution in [3.05, 3.63) is 114 Å². The van der Waals surface area contributed by atoms with E-state index in [1.54, 1.807) is 88.4 Å². The molecule has 3 fully saturated rings. The number of nitrogens with zero attached hydrogens (tertiary/aromatic N) is 4. The van der Waals surface area contributed by atoms with Crippen molar-refractivity contribution in [3.63, 3.8) is 0 Å². The molecule has 630 valence electrons.